The Bertz CT molecular complexity index is 1270. The summed E-state index contributed by atoms with van der Waals surface area (Å²) >= 11 is 0. The molecule has 2 aromatic carbocycles. The largest absolute Gasteiger partial charge is 0.486 e. The molecule has 0 bridgehead atoms. The molecule has 6 nitrogen and oxygen atoms in total. The summed E-state index contributed by atoms with van der Waals surface area (Å²) in [6.07, 6.45) is 1.30. The number of nitrogens with zero attached hydrogens (tertiary/aromatic N) is 4. The van der Waals surface area contributed by atoms with E-state index in [1.807, 2.05) is 24.8 Å². The molecule has 0 radical (unpaired) electrons. The third-order valence-electron chi connectivity index (χ3n) is 6.79. The van der Waals surface area contributed by atoms with Gasteiger partial charge in [-0.2, -0.15) is 0 Å². The molecule has 1 unspecified atom stereocenters. The van der Waals surface area contributed by atoms with Crippen molar-refractivity contribution in [1.29, 1.82) is 0 Å². The molecular weight excluding hydrogens is 467 g/mol. The lowest BCUT2D eigenvalue weighted by molar-refractivity contribution is 0.287. The highest BCUT2D eigenvalue weighted by atomic mass is 19.1. The van der Waals surface area contributed by atoms with Crippen LogP contribution in [0.3, 0.4) is 0 Å². The molecular formula is C27H30F3N5O. The van der Waals surface area contributed by atoms with Gasteiger partial charge < -0.3 is 19.9 Å². The van der Waals surface area contributed by atoms with Crippen molar-refractivity contribution in [3.63, 3.8) is 0 Å². The van der Waals surface area contributed by atoms with Crippen LogP contribution in [0.1, 0.15) is 32.2 Å². The predicted octanol–water partition coefficient (Wildman–Crippen LogP) is 4.56. The maximum absolute atomic E-state index is 15.0. The number of nitrogens with one attached hydrogen (secondary N) is 1. The molecule has 0 amide bonds. The summed E-state index contributed by atoms with van der Waals surface area (Å²) in [5.74, 6) is -1.03. The van der Waals surface area contributed by atoms with Crippen LogP contribution in [-0.4, -0.2) is 54.8 Å². The number of benzene rings is 2. The molecule has 9 heteroatoms. The van der Waals surface area contributed by atoms with Crippen molar-refractivity contribution in [2.45, 2.75) is 39.3 Å². The molecule has 1 fully saturated rings. The number of rotatable bonds is 5. The minimum atomic E-state index is -0.653. The molecule has 2 aliphatic heterocycles. The number of anilines is 2. The van der Waals surface area contributed by atoms with E-state index in [0.29, 0.717) is 41.5 Å². The van der Waals surface area contributed by atoms with Gasteiger partial charge in [-0.15, -0.1) is 0 Å². The second-order valence-electron chi connectivity index (χ2n) is 9.63. The summed E-state index contributed by atoms with van der Waals surface area (Å²) in [5, 5.41) is 3.30. The van der Waals surface area contributed by atoms with E-state index in [4.69, 9.17) is 4.74 Å². The van der Waals surface area contributed by atoms with Crippen LogP contribution >= 0.6 is 0 Å². The van der Waals surface area contributed by atoms with Crippen molar-refractivity contribution in [2.75, 3.05) is 42.6 Å². The van der Waals surface area contributed by atoms with Gasteiger partial charge >= 0.3 is 0 Å². The van der Waals surface area contributed by atoms with Crippen LogP contribution in [0.4, 0.5) is 24.5 Å². The summed E-state index contributed by atoms with van der Waals surface area (Å²) in [4.78, 5) is 12.6. The third-order valence-corrected chi connectivity index (χ3v) is 6.79. The lowest BCUT2D eigenvalue weighted by atomic mass is 10.1. The van der Waals surface area contributed by atoms with Gasteiger partial charge in [-0.05, 0) is 50.6 Å². The Labute approximate surface area is 209 Å². The molecule has 1 saturated heterocycles. The fourth-order valence-electron chi connectivity index (χ4n) is 4.94. The molecule has 190 valence electrons. The van der Waals surface area contributed by atoms with Crippen molar-refractivity contribution >= 4 is 11.4 Å². The minimum Gasteiger partial charge on any atom is -0.486 e. The number of aromatic nitrogens is 2. The predicted molar refractivity (Wildman–Crippen MR) is 134 cm³/mol. The monoisotopic (exact) mass is 497 g/mol. The van der Waals surface area contributed by atoms with Crippen molar-refractivity contribution in [1.82, 2.24) is 15.3 Å². The number of hydrogen-bond donors (Lipinski definition) is 1. The second-order valence-corrected chi connectivity index (χ2v) is 9.63. The van der Waals surface area contributed by atoms with Crippen molar-refractivity contribution in [3.8, 4) is 17.0 Å². The van der Waals surface area contributed by atoms with E-state index in [-0.39, 0.29) is 35.8 Å². The summed E-state index contributed by atoms with van der Waals surface area (Å²) in [6, 6.07) is 8.35. The van der Waals surface area contributed by atoms with Gasteiger partial charge in [-0.3, -0.25) is 0 Å². The number of fused-ring (bicyclic) bond motifs is 1. The average Bonchev–Trinajstić information content (AvgIpc) is 2.85. The summed E-state index contributed by atoms with van der Waals surface area (Å²) in [6.45, 7) is 9.42. The molecule has 0 spiro atoms. The molecule has 1 N–H and O–H groups in total. The van der Waals surface area contributed by atoms with E-state index in [1.165, 1.54) is 12.1 Å². The fourth-order valence-corrected chi connectivity index (χ4v) is 4.94. The Morgan fingerprint density at radius 3 is 2.64 bits per heavy atom. The van der Waals surface area contributed by atoms with Gasteiger partial charge in [-0.25, -0.2) is 23.1 Å². The van der Waals surface area contributed by atoms with Crippen LogP contribution in [0.15, 0.2) is 36.5 Å². The number of hydrogen-bond acceptors (Lipinski definition) is 6. The maximum atomic E-state index is 15.0. The third kappa shape index (κ3) is 4.72. The summed E-state index contributed by atoms with van der Waals surface area (Å²) in [5.41, 5.74) is 2.12. The lowest BCUT2D eigenvalue weighted by Crippen LogP contribution is -2.50. The normalized spacial score (nSPS) is 17.8. The molecule has 2 aliphatic rings. The summed E-state index contributed by atoms with van der Waals surface area (Å²) < 4.78 is 50.3. The zero-order valence-corrected chi connectivity index (χ0v) is 20.7. The van der Waals surface area contributed by atoms with E-state index in [2.05, 4.69) is 27.1 Å². The van der Waals surface area contributed by atoms with E-state index in [9.17, 15) is 8.78 Å². The van der Waals surface area contributed by atoms with Gasteiger partial charge in [-0.1, -0.05) is 6.07 Å². The first kappa shape index (κ1) is 24.4. The van der Waals surface area contributed by atoms with Gasteiger partial charge in [0.05, 0.1) is 24.1 Å². The SMILES string of the molecule is CC(C)N1CCOc2c(F)cc(-c3nc(Cc4ccc(N5CCNCC5C)c(F)c4)ncc3F)cc21. The second kappa shape index (κ2) is 9.97. The molecule has 3 aromatic rings. The Morgan fingerprint density at radius 2 is 1.89 bits per heavy atom. The first-order valence-corrected chi connectivity index (χ1v) is 12.3. The fraction of sp³-hybridized carbons (Fsp3) is 0.407. The summed E-state index contributed by atoms with van der Waals surface area (Å²) in [7, 11) is 0. The van der Waals surface area contributed by atoms with Gasteiger partial charge in [0, 0.05) is 43.7 Å². The molecule has 36 heavy (non-hydrogen) atoms. The Balaban J connectivity index is 1.43. The Hall–Kier alpha value is -3.33. The van der Waals surface area contributed by atoms with Crippen LogP contribution < -0.4 is 19.9 Å². The van der Waals surface area contributed by atoms with E-state index in [1.54, 1.807) is 12.1 Å². The van der Waals surface area contributed by atoms with Crippen LogP contribution in [0.2, 0.25) is 0 Å². The Kier molecular flexibility index (Phi) is 6.75. The molecule has 3 heterocycles. The van der Waals surface area contributed by atoms with E-state index >= 15 is 4.39 Å². The quantitative estimate of drug-likeness (QED) is 0.558. The lowest BCUT2D eigenvalue weighted by Gasteiger charge is -2.36. The molecule has 1 aromatic heterocycles. The van der Waals surface area contributed by atoms with Crippen LogP contribution in [0.5, 0.6) is 5.75 Å². The average molecular weight is 498 g/mol. The van der Waals surface area contributed by atoms with Gasteiger partial charge in [0.1, 0.15) is 23.9 Å². The first-order chi connectivity index (χ1) is 17.3. The molecule has 5 rings (SSSR count). The van der Waals surface area contributed by atoms with Crippen molar-refractivity contribution in [3.05, 3.63) is 65.4 Å². The van der Waals surface area contributed by atoms with Crippen molar-refractivity contribution in [2.24, 2.45) is 0 Å². The van der Waals surface area contributed by atoms with Crippen molar-refractivity contribution < 1.29 is 17.9 Å². The maximum Gasteiger partial charge on any atom is 0.178 e. The number of ether oxygens (including phenoxy) is 1. The standard InChI is InChI=1S/C27H30F3N5O/c1-16(2)34-8-9-36-27-21(29)12-19(13-24(27)34)26-22(30)15-32-25(33-26)11-18-4-5-23(20(28)10-18)35-7-6-31-14-17(35)3/h4-5,10,12-13,15-17,31H,6-9,11,14H2,1-3H3. The topological polar surface area (TPSA) is 53.5 Å². The van der Waals surface area contributed by atoms with E-state index < -0.39 is 11.6 Å². The number of halogens is 3. The highest BCUT2D eigenvalue weighted by Crippen LogP contribution is 2.39. The van der Waals surface area contributed by atoms with Crippen LogP contribution in [0, 0.1) is 17.5 Å². The smallest absolute Gasteiger partial charge is 0.178 e. The molecule has 0 saturated carbocycles. The number of piperazine rings is 1. The van der Waals surface area contributed by atoms with E-state index in [0.717, 1.165) is 25.8 Å². The first-order valence-electron chi connectivity index (χ1n) is 12.3. The molecule has 0 aliphatic carbocycles. The zero-order valence-electron chi connectivity index (χ0n) is 20.7. The van der Waals surface area contributed by atoms with Gasteiger partial charge in [0.15, 0.2) is 17.4 Å². The zero-order chi connectivity index (χ0) is 25.4. The van der Waals surface area contributed by atoms with Crippen LogP contribution in [0.25, 0.3) is 11.3 Å². The van der Waals surface area contributed by atoms with Crippen LogP contribution in [-0.2, 0) is 6.42 Å². The highest BCUT2D eigenvalue weighted by Gasteiger charge is 2.26. The highest BCUT2D eigenvalue weighted by molar-refractivity contribution is 5.72. The van der Waals surface area contributed by atoms with Gasteiger partial charge in [0.25, 0.3) is 0 Å². The molecule has 1 atom stereocenters. The minimum absolute atomic E-state index is 0.00251. The Morgan fingerprint density at radius 1 is 1.06 bits per heavy atom. The van der Waals surface area contributed by atoms with Gasteiger partial charge in [0.2, 0.25) is 0 Å².